The first kappa shape index (κ1) is 13.3. The Balaban J connectivity index is 2.42. The van der Waals surface area contributed by atoms with E-state index in [1.807, 2.05) is 0 Å². The monoisotopic (exact) mass is 278 g/mol. The molecule has 0 amide bonds. The van der Waals surface area contributed by atoms with Gasteiger partial charge in [-0.05, 0) is 0 Å². The molecule has 1 aliphatic rings. The summed E-state index contributed by atoms with van der Waals surface area (Å²) in [6.45, 7) is -0.533. The largest absolute Gasteiger partial charge is 0.394 e. The third-order valence-corrected chi connectivity index (χ3v) is 3.01. The molecule has 1 aromatic rings. The number of nitrogens with one attached hydrogen (secondary N) is 1. The van der Waals surface area contributed by atoms with Gasteiger partial charge in [0.05, 0.1) is 12.8 Å². The van der Waals surface area contributed by atoms with E-state index in [0.29, 0.717) is 0 Å². The molecule has 4 N–H and O–H groups in total. The Kier molecular flexibility index (Phi) is 3.59. The van der Waals surface area contributed by atoms with Crippen LogP contribution in [-0.2, 0) is 4.74 Å². The quantitative estimate of drug-likeness (QED) is 0.499. The summed E-state index contributed by atoms with van der Waals surface area (Å²) < 4.78 is 18.7. The van der Waals surface area contributed by atoms with Crippen LogP contribution in [0, 0.1) is 10.5 Å². The van der Waals surface area contributed by atoms with E-state index >= 15 is 0 Å². The molecule has 1 fully saturated rings. The summed E-state index contributed by atoms with van der Waals surface area (Å²) in [5.41, 5.74) is -0.781. The van der Waals surface area contributed by atoms with Gasteiger partial charge in [0.2, 0.25) is 0 Å². The molecule has 100 valence electrons. The van der Waals surface area contributed by atoms with Crippen molar-refractivity contribution in [1.82, 2.24) is 9.55 Å². The fraction of sp³-hybridized carbons (Fsp3) is 0.556. The summed E-state index contributed by atoms with van der Waals surface area (Å²) in [7, 11) is 0. The van der Waals surface area contributed by atoms with Gasteiger partial charge in [-0.2, -0.15) is 0 Å². The molecule has 0 aliphatic carbocycles. The smallest absolute Gasteiger partial charge is 0.328 e. The number of hydrogen-bond acceptors (Lipinski definition) is 6. The van der Waals surface area contributed by atoms with Crippen molar-refractivity contribution in [2.24, 2.45) is 0 Å². The van der Waals surface area contributed by atoms with Crippen molar-refractivity contribution in [2.75, 3.05) is 6.61 Å². The maximum Gasteiger partial charge on any atom is 0.328 e. The number of aromatic nitrogens is 2. The summed E-state index contributed by atoms with van der Waals surface area (Å²) in [5, 5.41) is 28.1. The Morgan fingerprint density at radius 2 is 2.17 bits per heavy atom. The molecule has 9 heteroatoms. The van der Waals surface area contributed by atoms with Crippen molar-refractivity contribution in [3.8, 4) is 0 Å². The van der Waals surface area contributed by atoms with Gasteiger partial charge in [-0.15, -0.1) is 0 Å². The molecule has 2 rings (SSSR count). The van der Waals surface area contributed by atoms with E-state index in [-0.39, 0.29) is 4.64 Å². The molecule has 4 atom stereocenters. The van der Waals surface area contributed by atoms with E-state index in [1.165, 1.54) is 0 Å². The highest BCUT2D eigenvalue weighted by Crippen LogP contribution is 2.28. The predicted octanol–water partition coefficient (Wildman–Crippen LogP) is -1.34. The molecule has 0 radical (unpaired) electrons. The normalized spacial score (nSPS) is 31.8. The Labute approximate surface area is 105 Å². The van der Waals surface area contributed by atoms with Gasteiger partial charge in [0.1, 0.15) is 23.0 Å². The fourth-order valence-corrected chi connectivity index (χ4v) is 1.90. The molecule has 0 saturated carbocycles. The average molecular weight is 278 g/mol. The van der Waals surface area contributed by atoms with E-state index < -0.39 is 42.7 Å². The highest BCUT2D eigenvalue weighted by Gasteiger charge is 2.43. The Morgan fingerprint density at radius 3 is 2.72 bits per heavy atom. The number of H-pyrrole nitrogens is 1. The highest BCUT2D eigenvalue weighted by molar-refractivity contribution is 7.71. The number of hydrogen-bond donors (Lipinski definition) is 4. The van der Waals surface area contributed by atoms with Crippen LogP contribution in [0.25, 0.3) is 0 Å². The van der Waals surface area contributed by atoms with Crippen LogP contribution < -0.4 is 5.69 Å². The van der Waals surface area contributed by atoms with Crippen molar-refractivity contribution in [3.05, 3.63) is 27.1 Å². The Hall–Kier alpha value is -1.13. The van der Waals surface area contributed by atoms with Gasteiger partial charge < -0.3 is 20.1 Å². The second-order valence-corrected chi connectivity index (χ2v) is 4.28. The van der Waals surface area contributed by atoms with Gasteiger partial charge in [0.15, 0.2) is 12.0 Å². The first-order valence-corrected chi connectivity index (χ1v) is 5.50. The third kappa shape index (κ3) is 2.10. The highest BCUT2D eigenvalue weighted by atomic mass is 32.1. The Morgan fingerprint density at radius 1 is 1.50 bits per heavy atom. The molecular weight excluding hydrogens is 267 g/mol. The van der Waals surface area contributed by atoms with E-state index in [4.69, 9.17) is 9.84 Å². The van der Waals surface area contributed by atoms with Crippen LogP contribution in [-0.4, -0.2) is 49.8 Å². The minimum Gasteiger partial charge on any atom is -0.394 e. The zero-order valence-electron chi connectivity index (χ0n) is 8.99. The molecule has 0 aromatic carbocycles. The van der Waals surface area contributed by atoms with Gasteiger partial charge in [-0.1, -0.05) is 12.2 Å². The fourth-order valence-electron chi connectivity index (χ4n) is 1.76. The van der Waals surface area contributed by atoms with Gasteiger partial charge in [0.25, 0.3) is 0 Å². The van der Waals surface area contributed by atoms with Crippen molar-refractivity contribution < 1.29 is 24.4 Å². The predicted molar refractivity (Wildman–Crippen MR) is 58.9 cm³/mol. The number of aliphatic hydroxyl groups excluding tert-OH is 3. The first-order valence-electron chi connectivity index (χ1n) is 5.09. The molecule has 7 nitrogen and oxygen atoms in total. The lowest BCUT2D eigenvalue weighted by molar-refractivity contribution is -0.0554. The zero-order chi connectivity index (χ0) is 13.4. The maximum absolute atomic E-state index is 13.3. The maximum atomic E-state index is 13.3. The minimum atomic E-state index is -1.45. The van der Waals surface area contributed by atoms with Crippen LogP contribution >= 0.6 is 12.2 Å². The lowest BCUT2D eigenvalue weighted by Crippen LogP contribution is -2.36. The van der Waals surface area contributed by atoms with E-state index in [9.17, 15) is 19.4 Å². The van der Waals surface area contributed by atoms with E-state index in [2.05, 4.69) is 17.2 Å². The van der Waals surface area contributed by atoms with Gasteiger partial charge in [-0.25, -0.2) is 9.18 Å². The van der Waals surface area contributed by atoms with Crippen LogP contribution in [0.4, 0.5) is 4.39 Å². The van der Waals surface area contributed by atoms with Crippen molar-refractivity contribution in [1.29, 1.82) is 0 Å². The molecular formula is C9H11FN2O5S. The van der Waals surface area contributed by atoms with E-state index in [1.54, 1.807) is 0 Å². The second kappa shape index (κ2) is 4.86. The van der Waals surface area contributed by atoms with Crippen LogP contribution in [0.3, 0.4) is 0 Å². The van der Waals surface area contributed by atoms with Crippen LogP contribution in [0.1, 0.15) is 6.23 Å². The number of ether oxygens (including phenoxy) is 1. The summed E-state index contributed by atoms with van der Waals surface area (Å²) in [6.07, 6.45) is -4.36. The third-order valence-electron chi connectivity index (χ3n) is 2.72. The SMILES string of the molecule is O=c1[nH]c(=S)c(F)cn1C1OC(CO)C(O)C1O. The van der Waals surface area contributed by atoms with Crippen molar-refractivity contribution in [2.45, 2.75) is 24.5 Å². The molecule has 18 heavy (non-hydrogen) atoms. The molecule has 4 unspecified atom stereocenters. The zero-order valence-corrected chi connectivity index (χ0v) is 9.80. The summed E-state index contributed by atoms with van der Waals surface area (Å²) in [4.78, 5) is 13.6. The molecule has 1 aromatic heterocycles. The molecule has 1 saturated heterocycles. The topological polar surface area (TPSA) is 108 Å². The molecule has 0 bridgehead atoms. The number of halogens is 1. The van der Waals surface area contributed by atoms with Gasteiger partial charge >= 0.3 is 5.69 Å². The summed E-state index contributed by atoms with van der Waals surface area (Å²) >= 11 is 4.54. The van der Waals surface area contributed by atoms with Gasteiger partial charge in [-0.3, -0.25) is 9.55 Å². The summed E-state index contributed by atoms with van der Waals surface area (Å²) in [6, 6.07) is 0. The van der Waals surface area contributed by atoms with Crippen molar-refractivity contribution >= 4 is 12.2 Å². The Bertz CT molecular complexity index is 559. The lowest BCUT2D eigenvalue weighted by Gasteiger charge is -2.17. The second-order valence-electron chi connectivity index (χ2n) is 3.87. The van der Waals surface area contributed by atoms with Crippen LogP contribution in [0.5, 0.6) is 0 Å². The minimum absolute atomic E-state index is 0.358. The number of rotatable bonds is 2. The number of aliphatic hydroxyl groups is 3. The molecule has 2 heterocycles. The van der Waals surface area contributed by atoms with Gasteiger partial charge in [0, 0.05) is 0 Å². The first-order chi connectivity index (χ1) is 8.45. The van der Waals surface area contributed by atoms with Crippen LogP contribution in [0.2, 0.25) is 0 Å². The number of nitrogens with zero attached hydrogens (tertiary/aromatic N) is 1. The number of aromatic amines is 1. The van der Waals surface area contributed by atoms with Crippen molar-refractivity contribution in [3.63, 3.8) is 0 Å². The van der Waals surface area contributed by atoms with Crippen LogP contribution in [0.15, 0.2) is 11.0 Å². The van der Waals surface area contributed by atoms with E-state index in [0.717, 1.165) is 10.8 Å². The standard InChI is InChI=1S/C9H11FN2O5S/c10-3-1-12(9(16)11-7(3)18)8-6(15)5(14)4(2-13)17-8/h1,4-6,8,13-15H,2H2,(H,11,16,18). The average Bonchev–Trinajstić information content (AvgIpc) is 2.61. The molecule has 0 spiro atoms. The molecule has 1 aliphatic heterocycles. The lowest BCUT2D eigenvalue weighted by atomic mass is 10.1. The summed E-state index contributed by atoms with van der Waals surface area (Å²) in [5.74, 6) is -0.859.